The molecule has 150 valence electrons. The molecular weight excluding hydrogens is 408 g/mol. The highest BCUT2D eigenvalue weighted by molar-refractivity contribution is 8.15. The zero-order chi connectivity index (χ0) is 21.0. The number of hydrogen-bond donors (Lipinski definition) is 2. The number of benzene rings is 2. The van der Waals surface area contributed by atoms with Gasteiger partial charge in [-0.2, -0.15) is 5.10 Å². The van der Waals surface area contributed by atoms with Crippen LogP contribution in [0.4, 0.5) is 5.69 Å². The van der Waals surface area contributed by atoms with Gasteiger partial charge in [-0.15, -0.1) is 5.10 Å². The maximum atomic E-state index is 12.4. The van der Waals surface area contributed by atoms with Crippen LogP contribution in [-0.2, 0) is 9.59 Å². The smallest absolute Gasteiger partial charge is 0.240 e. The standard InChI is InChI=1S/C21H21ClN4O2S/c1-12-5-4-6-17(13(12)2)23-19(27)11-18-20(28)24-21(29-18)26-25-14(3)15-7-9-16(22)10-8-15/h4-10,18H,11H2,1-3H3,(H,23,27)(H,24,26,28)/b25-14+. The molecule has 0 radical (unpaired) electrons. The molecule has 6 nitrogen and oxygen atoms in total. The van der Waals surface area contributed by atoms with Crippen molar-refractivity contribution in [2.24, 2.45) is 10.2 Å². The minimum absolute atomic E-state index is 0.0583. The molecule has 2 N–H and O–H groups in total. The number of anilines is 1. The summed E-state index contributed by atoms with van der Waals surface area (Å²) in [6, 6.07) is 13.0. The fourth-order valence-corrected chi connectivity index (χ4v) is 3.76. The first-order chi connectivity index (χ1) is 13.8. The van der Waals surface area contributed by atoms with Crippen LogP contribution >= 0.6 is 23.4 Å². The lowest BCUT2D eigenvalue weighted by Crippen LogP contribution is -2.28. The van der Waals surface area contributed by atoms with Crippen LogP contribution in [0.25, 0.3) is 0 Å². The number of rotatable bonds is 5. The molecule has 0 aromatic heterocycles. The molecule has 0 bridgehead atoms. The Morgan fingerprint density at radius 2 is 1.93 bits per heavy atom. The van der Waals surface area contributed by atoms with E-state index < -0.39 is 5.25 Å². The summed E-state index contributed by atoms with van der Waals surface area (Å²) in [6.07, 6.45) is 0.0583. The van der Waals surface area contributed by atoms with E-state index in [1.54, 1.807) is 12.1 Å². The van der Waals surface area contributed by atoms with Gasteiger partial charge in [0.25, 0.3) is 0 Å². The Bertz CT molecular complexity index is 1000. The third kappa shape index (κ3) is 5.46. The largest absolute Gasteiger partial charge is 0.326 e. The van der Waals surface area contributed by atoms with Crippen molar-refractivity contribution < 1.29 is 9.59 Å². The normalized spacial score (nSPS) is 18.1. The molecule has 2 aromatic rings. The van der Waals surface area contributed by atoms with E-state index in [9.17, 15) is 9.59 Å². The van der Waals surface area contributed by atoms with Crippen molar-refractivity contribution in [1.82, 2.24) is 5.32 Å². The highest BCUT2D eigenvalue weighted by Gasteiger charge is 2.32. The van der Waals surface area contributed by atoms with E-state index in [4.69, 9.17) is 11.6 Å². The molecule has 0 aliphatic carbocycles. The molecule has 0 spiro atoms. The second-order valence-corrected chi connectivity index (χ2v) is 8.32. The number of aryl methyl sites for hydroxylation is 1. The molecule has 2 aromatic carbocycles. The average Bonchev–Trinajstić information content (AvgIpc) is 3.03. The summed E-state index contributed by atoms with van der Waals surface area (Å²) in [6.45, 7) is 5.76. The SMILES string of the molecule is C/C(=N\N=C1/NC(=O)C(CC(=O)Nc2cccc(C)c2C)S1)c1ccc(Cl)cc1. The Morgan fingerprint density at radius 1 is 1.21 bits per heavy atom. The van der Waals surface area contributed by atoms with Crippen molar-refractivity contribution in [3.8, 4) is 0 Å². The van der Waals surface area contributed by atoms with Gasteiger partial charge in [0.05, 0.1) is 5.71 Å². The lowest BCUT2D eigenvalue weighted by atomic mass is 10.1. The predicted octanol–water partition coefficient (Wildman–Crippen LogP) is 4.30. The van der Waals surface area contributed by atoms with Crippen LogP contribution in [-0.4, -0.2) is 27.9 Å². The van der Waals surface area contributed by atoms with E-state index in [0.29, 0.717) is 15.9 Å². The first kappa shape index (κ1) is 21.1. The predicted molar refractivity (Wildman–Crippen MR) is 120 cm³/mol. The van der Waals surface area contributed by atoms with Crippen LogP contribution in [0.5, 0.6) is 0 Å². The fourth-order valence-electron chi connectivity index (χ4n) is 2.71. The van der Waals surface area contributed by atoms with Crippen LogP contribution < -0.4 is 10.6 Å². The second-order valence-electron chi connectivity index (χ2n) is 6.69. The van der Waals surface area contributed by atoms with Crippen LogP contribution in [0, 0.1) is 13.8 Å². The van der Waals surface area contributed by atoms with Gasteiger partial charge in [-0.1, -0.05) is 47.6 Å². The number of nitrogens with zero attached hydrogens (tertiary/aromatic N) is 2. The maximum absolute atomic E-state index is 12.4. The number of hydrogen-bond acceptors (Lipinski definition) is 5. The number of amides is 2. The van der Waals surface area contributed by atoms with Gasteiger partial charge >= 0.3 is 0 Å². The lowest BCUT2D eigenvalue weighted by Gasteiger charge is -2.11. The van der Waals surface area contributed by atoms with Crippen molar-refractivity contribution in [2.75, 3.05) is 5.32 Å². The molecule has 1 saturated heterocycles. The average molecular weight is 429 g/mol. The maximum Gasteiger partial charge on any atom is 0.240 e. The first-order valence-corrected chi connectivity index (χ1v) is 10.3. The quantitative estimate of drug-likeness (QED) is 0.550. The summed E-state index contributed by atoms with van der Waals surface area (Å²) in [7, 11) is 0. The Morgan fingerprint density at radius 3 is 2.66 bits per heavy atom. The van der Waals surface area contributed by atoms with E-state index >= 15 is 0 Å². The molecule has 1 fully saturated rings. The number of carbonyl (C=O) groups is 2. The number of amidine groups is 1. The van der Waals surface area contributed by atoms with Gasteiger partial charge in [0.15, 0.2) is 5.17 Å². The Balaban J connectivity index is 1.61. The topological polar surface area (TPSA) is 82.9 Å². The van der Waals surface area contributed by atoms with E-state index in [0.717, 1.165) is 22.4 Å². The van der Waals surface area contributed by atoms with Gasteiger partial charge < -0.3 is 10.6 Å². The van der Waals surface area contributed by atoms with Crippen molar-refractivity contribution in [1.29, 1.82) is 0 Å². The second kappa shape index (κ2) is 9.24. The minimum Gasteiger partial charge on any atom is -0.326 e. The molecule has 29 heavy (non-hydrogen) atoms. The van der Waals surface area contributed by atoms with Gasteiger partial charge in [0.2, 0.25) is 11.8 Å². The number of thioether (sulfide) groups is 1. The van der Waals surface area contributed by atoms with Gasteiger partial charge in [-0.3, -0.25) is 9.59 Å². The highest BCUT2D eigenvalue weighted by atomic mass is 35.5. The Labute approximate surface area is 178 Å². The van der Waals surface area contributed by atoms with E-state index in [-0.39, 0.29) is 18.2 Å². The Hall–Kier alpha value is -2.64. The summed E-state index contributed by atoms with van der Waals surface area (Å²) in [5.41, 5.74) is 4.45. The molecule has 0 saturated carbocycles. The van der Waals surface area contributed by atoms with Gasteiger partial charge in [0, 0.05) is 17.1 Å². The fraction of sp³-hybridized carbons (Fsp3) is 0.238. The summed E-state index contributed by atoms with van der Waals surface area (Å²) >= 11 is 7.09. The number of nitrogens with one attached hydrogen (secondary N) is 2. The number of halogens is 1. The third-order valence-corrected chi connectivity index (χ3v) is 5.90. The molecule has 1 aliphatic heterocycles. The molecule has 3 rings (SSSR count). The van der Waals surface area contributed by atoms with Crippen molar-refractivity contribution in [2.45, 2.75) is 32.4 Å². The minimum atomic E-state index is -0.537. The van der Waals surface area contributed by atoms with Crippen LogP contribution in [0.1, 0.15) is 30.0 Å². The summed E-state index contributed by atoms with van der Waals surface area (Å²) in [5.74, 6) is -0.461. The molecule has 1 atom stereocenters. The zero-order valence-corrected chi connectivity index (χ0v) is 17.9. The first-order valence-electron chi connectivity index (χ1n) is 9.05. The van der Waals surface area contributed by atoms with Gasteiger partial charge in [-0.25, -0.2) is 0 Å². The third-order valence-electron chi connectivity index (χ3n) is 4.58. The highest BCUT2D eigenvalue weighted by Crippen LogP contribution is 2.24. The monoisotopic (exact) mass is 428 g/mol. The Kier molecular flexibility index (Phi) is 6.71. The molecule has 2 amide bonds. The van der Waals surface area contributed by atoms with Gasteiger partial charge in [0.1, 0.15) is 5.25 Å². The summed E-state index contributed by atoms with van der Waals surface area (Å²) < 4.78 is 0. The molecular formula is C21H21ClN4O2S. The van der Waals surface area contributed by atoms with Crippen LogP contribution in [0.15, 0.2) is 52.7 Å². The molecule has 1 unspecified atom stereocenters. The van der Waals surface area contributed by atoms with Crippen LogP contribution in [0.3, 0.4) is 0 Å². The van der Waals surface area contributed by atoms with Crippen molar-refractivity contribution in [3.05, 3.63) is 64.2 Å². The van der Waals surface area contributed by atoms with Gasteiger partial charge in [-0.05, 0) is 55.7 Å². The molecule has 1 aliphatic rings. The zero-order valence-electron chi connectivity index (χ0n) is 16.3. The van der Waals surface area contributed by atoms with Crippen molar-refractivity contribution >= 4 is 51.7 Å². The summed E-state index contributed by atoms with van der Waals surface area (Å²) in [4.78, 5) is 24.6. The molecule has 8 heteroatoms. The van der Waals surface area contributed by atoms with Crippen molar-refractivity contribution in [3.63, 3.8) is 0 Å². The number of carbonyl (C=O) groups excluding carboxylic acids is 2. The lowest BCUT2D eigenvalue weighted by molar-refractivity contribution is -0.122. The van der Waals surface area contributed by atoms with E-state index in [1.165, 1.54) is 11.8 Å². The van der Waals surface area contributed by atoms with Crippen LogP contribution in [0.2, 0.25) is 5.02 Å². The molecule has 1 heterocycles. The van der Waals surface area contributed by atoms with E-state index in [2.05, 4.69) is 20.8 Å². The van der Waals surface area contributed by atoms with E-state index in [1.807, 2.05) is 51.1 Å². The summed E-state index contributed by atoms with van der Waals surface area (Å²) in [5, 5.41) is 14.3.